The smallest absolute Gasteiger partial charge is 0.365 e. The van der Waals surface area contributed by atoms with Crippen molar-refractivity contribution in [2.24, 2.45) is 5.11 Å². The number of hydrogen-bond acceptors (Lipinski definition) is 6. The van der Waals surface area contributed by atoms with Crippen LogP contribution in [0.4, 0.5) is 5.69 Å². The second kappa shape index (κ2) is 18.8. The highest BCUT2D eigenvalue weighted by Gasteiger charge is 2.33. The van der Waals surface area contributed by atoms with Crippen LogP contribution in [0.1, 0.15) is 54.4 Å². The Morgan fingerprint density at radius 1 is 0.791 bits per heavy atom. The molecule has 3 aromatic rings. The van der Waals surface area contributed by atoms with E-state index in [1.54, 1.807) is 48.5 Å². The monoisotopic (exact) mass is 700 g/mol. The number of likely N-dealkylation sites (N-methyl/N-ethyl adjacent to an activating group) is 1. The molecular formula is C33H41IN4O5. The normalized spacial score (nSPS) is 11.4. The molecule has 0 N–H and O–H groups in total. The molecule has 0 aliphatic heterocycles. The third kappa shape index (κ3) is 13.1. The number of ether oxygens (including phenoxy) is 3. The number of rotatable bonds is 17. The molecule has 0 fully saturated rings. The summed E-state index contributed by atoms with van der Waals surface area (Å²) in [5.74, 6) is 0.509. The van der Waals surface area contributed by atoms with Crippen molar-refractivity contribution < 1.29 is 52.3 Å². The number of esters is 2. The maximum Gasteiger partial charge on any atom is 0.365 e. The second-order valence-electron chi connectivity index (χ2n) is 11.1. The van der Waals surface area contributed by atoms with Crippen molar-refractivity contribution in [2.45, 2.75) is 51.0 Å². The zero-order valence-electron chi connectivity index (χ0n) is 25.2. The number of halogens is 1. The predicted molar refractivity (Wildman–Crippen MR) is 163 cm³/mol. The summed E-state index contributed by atoms with van der Waals surface area (Å²) in [4.78, 5) is 27.8. The lowest BCUT2D eigenvalue weighted by Gasteiger charge is -2.32. The van der Waals surface area contributed by atoms with Gasteiger partial charge in [0.2, 0.25) is 0 Å². The van der Waals surface area contributed by atoms with Crippen LogP contribution >= 0.6 is 0 Å². The minimum atomic E-state index is -0.495. The van der Waals surface area contributed by atoms with Gasteiger partial charge in [-0.1, -0.05) is 73.3 Å². The molecule has 0 radical (unpaired) electrons. The van der Waals surface area contributed by atoms with Gasteiger partial charge >= 0.3 is 11.9 Å². The maximum absolute atomic E-state index is 12.8. The van der Waals surface area contributed by atoms with Gasteiger partial charge in [-0.25, -0.2) is 9.59 Å². The number of azide groups is 1. The molecule has 1 atom stereocenters. The Bertz CT molecular complexity index is 1310. The number of benzene rings is 3. The van der Waals surface area contributed by atoms with Crippen molar-refractivity contribution >= 4 is 17.6 Å². The van der Waals surface area contributed by atoms with Gasteiger partial charge in [0.05, 0.1) is 39.9 Å². The molecule has 43 heavy (non-hydrogen) atoms. The number of quaternary nitrogens is 1. The van der Waals surface area contributed by atoms with Crippen LogP contribution < -0.4 is 33.5 Å². The number of carbonyl (C=O) groups excluding carboxylic acids is 2. The highest BCUT2D eigenvalue weighted by Crippen LogP contribution is 2.20. The first-order valence-electron chi connectivity index (χ1n) is 14.4. The van der Waals surface area contributed by atoms with Gasteiger partial charge in [0.15, 0.2) is 6.04 Å². The molecule has 0 aliphatic carbocycles. The van der Waals surface area contributed by atoms with Crippen molar-refractivity contribution in [3.63, 3.8) is 0 Å². The summed E-state index contributed by atoms with van der Waals surface area (Å²) in [7, 11) is 6.09. The van der Waals surface area contributed by atoms with Crippen LogP contribution in [0, 0.1) is 0 Å². The first-order chi connectivity index (χ1) is 20.3. The van der Waals surface area contributed by atoms with Gasteiger partial charge in [-0.15, -0.1) is 0 Å². The number of carbonyl (C=O) groups is 2. The first kappa shape index (κ1) is 35.6. The van der Waals surface area contributed by atoms with Crippen LogP contribution in [0.15, 0.2) is 84.0 Å². The summed E-state index contributed by atoms with van der Waals surface area (Å²) in [6, 6.07) is 23.0. The maximum atomic E-state index is 12.8. The quantitative estimate of drug-likeness (QED) is 0.0303. The van der Waals surface area contributed by atoms with Crippen molar-refractivity contribution in [2.75, 3.05) is 34.4 Å². The lowest BCUT2D eigenvalue weighted by molar-refractivity contribution is -0.887. The minimum Gasteiger partial charge on any atom is -1.00 e. The SMILES string of the molecule is C[N+](C)(C)C(Cc1ccccc1)C(=O)OCCCCCCCCOc1ccc(OC(=O)c2ccc(N=[N+]=[N-])cc2)cc1.[I-]. The van der Waals surface area contributed by atoms with E-state index >= 15 is 0 Å². The summed E-state index contributed by atoms with van der Waals surface area (Å²) in [5, 5.41) is 3.48. The lowest BCUT2D eigenvalue weighted by Crippen LogP contribution is -3.00. The fourth-order valence-electron chi connectivity index (χ4n) is 4.37. The van der Waals surface area contributed by atoms with E-state index in [0.29, 0.717) is 41.1 Å². The van der Waals surface area contributed by atoms with Crippen LogP contribution in [-0.2, 0) is 16.0 Å². The van der Waals surface area contributed by atoms with Crippen LogP contribution in [0.25, 0.3) is 10.4 Å². The van der Waals surface area contributed by atoms with Gasteiger partial charge in [-0.05, 0) is 60.3 Å². The van der Waals surface area contributed by atoms with Gasteiger partial charge in [-0.2, -0.15) is 0 Å². The van der Waals surface area contributed by atoms with E-state index in [2.05, 4.69) is 22.2 Å². The minimum absolute atomic E-state index is 0. The topological polar surface area (TPSA) is 111 Å². The molecule has 3 rings (SSSR count). The molecule has 0 spiro atoms. The van der Waals surface area contributed by atoms with E-state index in [9.17, 15) is 9.59 Å². The van der Waals surface area contributed by atoms with Crippen molar-refractivity contribution in [1.29, 1.82) is 0 Å². The Morgan fingerprint density at radius 2 is 1.37 bits per heavy atom. The molecular weight excluding hydrogens is 659 g/mol. The Hall–Kier alpha value is -3.60. The second-order valence-corrected chi connectivity index (χ2v) is 11.1. The molecule has 3 aromatic carbocycles. The van der Waals surface area contributed by atoms with E-state index in [-0.39, 0.29) is 36.0 Å². The highest BCUT2D eigenvalue weighted by atomic mass is 127. The zero-order valence-corrected chi connectivity index (χ0v) is 27.3. The number of hydrogen-bond donors (Lipinski definition) is 0. The van der Waals surface area contributed by atoms with Gasteiger partial charge in [0.1, 0.15) is 11.5 Å². The standard InChI is InChI=1S/C33H41N4O5.HI/c1-37(2,3)31(25-26-13-9-8-10-14-26)33(39)41-24-12-7-5-4-6-11-23-40-29-19-21-30(22-20-29)42-32(38)27-15-17-28(18-16-27)35-36-34;/h8-10,13-22,31H,4-7,11-12,23-25H2,1-3H3;1H/q+1;/p-1. The van der Waals surface area contributed by atoms with Gasteiger partial charge in [-0.3, -0.25) is 0 Å². The predicted octanol–water partition coefficient (Wildman–Crippen LogP) is 4.43. The van der Waals surface area contributed by atoms with Crippen LogP contribution in [0.3, 0.4) is 0 Å². The molecule has 0 amide bonds. The molecule has 0 heterocycles. The fraction of sp³-hybridized carbons (Fsp3) is 0.394. The van der Waals surface area contributed by atoms with Crippen molar-refractivity contribution in [3.8, 4) is 11.5 Å². The van der Waals surface area contributed by atoms with Gasteiger partial charge in [0.25, 0.3) is 0 Å². The Labute approximate surface area is 271 Å². The Kier molecular flexibility index (Phi) is 15.6. The summed E-state index contributed by atoms with van der Waals surface area (Å²) in [6.45, 7) is 1.07. The van der Waals surface area contributed by atoms with E-state index in [1.807, 2.05) is 39.3 Å². The average molecular weight is 701 g/mol. The fourth-order valence-corrected chi connectivity index (χ4v) is 4.37. The van der Waals surface area contributed by atoms with Gasteiger partial charge in [0, 0.05) is 17.0 Å². The van der Waals surface area contributed by atoms with E-state index in [1.165, 1.54) is 0 Å². The molecule has 230 valence electrons. The van der Waals surface area contributed by atoms with E-state index in [4.69, 9.17) is 19.7 Å². The summed E-state index contributed by atoms with van der Waals surface area (Å²) >= 11 is 0. The Balaban J connectivity index is 0.00000645. The number of unbranched alkanes of at least 4 members (excludes halogenated alkanes) is 5. The zero-order chi connectivity index (χ0) is 30.2. The molecule has 0 saturated carbocycles. The first-order valence-corrected chi connectivity index (χ1v) is 14.4. The lowest BCUT2D eigenvalue weighted by atomic mass is 10.0. The van der Waals surface area contributed by atoms with Crippen LogP contribution in [0.2, 0.25) is 0 Å². The Morgan fingerprint density at radius 3 is 1.98 bits per heavy atom. The van der Waals surface area contributed by atoms with E-state index < -0.39 is 5.97 Å². The molecule has 0 aromatic heterocycles. The number of nitrogens with zero attached hydrogens (tertiary/aromatic N) is 4. The van der Waals surface area contributed by atoms with Crippen molar-refractivity contribution in [1.82, 2.24) is 0 Å². The summed E-state index contributed by atoms with van der Waals surface area (Å²) in [5.41, 5.74) is 10.4. The summed E-state index contributed by atoms with van der Waals surface area (Å²) in [6.07, 6.45) is 6.77. The molecule has 0 bridgehead atoms. The van der Waals surface area contributed by atoms with Crippen LogP contribution in [0.5, 0.6) is 11.5 Å². The third-order valence-corrected chi connectivity index (χ3v) is 6.83. The van der Waals surface area contributed by atoms with Crippen molar-refractivity contribution in [3.05, 3.63) is 100 Å². The molecule has 10 heteroatoms. The van der Waals surface area contributed by atoms with Gasteiger partial charge < -0.3 is 42.7 Å². The molecule has 9 nitrogen and oxygen atoms in total. The summed E-state index contributed by atoms with van der Waals surface area (Å²) < 4.78 is 17.4. The highest BCUT2D eigenvalue weighted by molar-refractivity contribution is 5.91. The molecule has 1 unspecified atom stereocenters. The molecule has 0 saturated heterocycles. The molecule has 0 aliphatic rings. The largest absolute Gasteiger partial charge is 1.00 e. The third-order valence-electron chi connectivity index (χ3n) is 6.83. The van der Waals surface area contributed by atoms with E-state index in [0.717, 1.165) is 49.8 Å². The van der Waals surface area contributed by atoms with Crippen LogP contribution in [-0.4, -0.2) is 56.8 Å². The average Bonchev–Trinajstić information content (AvgIpc) is 2.98.